The number of ether oxygens (including phenoxy) is 1. The number of benzene rings is 5. The molecule has 0 N–H and O–H groups in total. The van der Waals surface area contributed by atoms with Crippen LogP contribution in [0.2, 0.25) is 0 Å². The number of aryl methyl sites for hydroxylation is 5. The first-order valence-corrected chi connectivity index (χ1v) is 20.4. The fourth-order valence-corrected chi connectivity index (χ4v) is 8.85. The van der Waals surface area contributed by atoms with Crippen molar-refractivity contribution in [2.24, 2.45) is 5.41 Å². The van der Waals surface area contributed by atoms with Crippen molar-refractivity contribution in [3.05, 3.63) is 161 Å². The van der Waals surface area contributed by atoms with E-state index in [1.165, 1.54) is 81.1 Å². The molecule has 1 saturated carbocycles. The molecule has 0 saturated heterocycles. The molecule has 9 rings (SSSR count). The number of rotatable bonds is 7. The molecule has 0 spiro atoms. The third kappa shape index (κ3) is 7.14. The summed E-state index contributed by atoms with van der Waals surface area (Å²) in [6, 6.07) is 41.9. The van der Waals surface area contributed by atoms with Crippen LogP contribution in [0, 0.1) is 40.0 Å². The second-order valence-electron chi connectivity index (χ2n) is 17.3. The Morgan fingerprint density at radius 2 is 1.32 bits per heavy atom. The molecular formula is C53H51N3O. The summed E-state index contributed by atoms with van der Waals surface area (Å²) in [7, 11) is 0. The van der Waals surface area contributed by atoms with Crippen LogP contribution in [0.4, 0.5) is 0 Å². The third-order valence-corrected chi connectivity index (χ3v) is 12.5. The average Bonchev–Trinajstić information content (AvgIpc) is 3.52. The van der Waals surface area contributed by atoms with E-state index in [9.17, 15) is 0 Å². The number of hydrogen-bond donors (Lipinski definition) is 0. The Morgan fingerprint density at radius 1 is 0.561 bits per heavy atom. The topological polar surface area (TPSA) is 39.9 Å². The number of hydrogen-bond acceptors (Lipinski definition) is 3. The van der Waals surface area contributed by atoms with Crippen molar-refractivity contribution in [2.45, 2.75) is 80.1 Å². The molecule has 4 heteroatoms. The van der Waals surface area contributed by atoms with Gasteiger partial charge in [0.2, 0.25) is 0 Å². The predicted molar refractivity (Wildman–Crippen MR) is 238 cm³/mol. The molecule has 0 radical (unpaired) electrons. The molecule has 0 amide bonds. The third-order valence-electron chi connectivity index (χ3n) is 12.5. The Hall–Kier alpha value is -6.00. The molecule has 3 heterocycles. The van der Waals surface area contributed by atoms with Crippen LogP contribution < -0.4 is 4.74 Å². The van der Waals surface area contributed by atoms with Gasteiger partial charge in [-0.15, -0.1) is 0 Å². The molecule has 57 heavy (non-hydrogen) atoms. The van der Waals surface area contributed by atoms with Gasteiger partial charge in [-0.25, -0.2) is 4.98 Å². The lowest BCUT2D eigenvalue weighted by Crippen LogP contribution is -2.20. The highest BCUT2D eigenvalue weighted by Gasteiger charge is 2.27. The maximum absolute atomic E-state index is 6.65. The first-order chi connectivity index (χ1) is 27.5. The van der Waals surface area contributed by atoms with Crippen LogP contribution in [0.5, 0.6) is 11.5 Å². The molecule has 4 nitrogen and oxygen atoms in total. The van der Waals surface area contributed by atoms with Gasteiger partial charge in [-0.2, -0.15) is 0 Å². The van der Waals surface area contributed by atoms with Crippen LogP contribution in [0.3, 0.4) is 0 Å². The number of nitrogens with zero attached hydrogens (tertiary/aromatic N) is 3. The zero-order valence-electron chi connectivity index (χ0n) is 34.3. The highest BCUT2D eigenvalue weighted by Crippen LogP contribution is 2.43. The summed E-state index contributed by atoms with van der Waals surface area (Å²) >= 11 is 0. The zero-order chi connectivity index (χ0) is 39.4. The van der Waals surface area contributed by atoms with Crippen LogP contribution in [-0.4, -0.2) is 14.5 Å². The first-order valence-electron chi connectivity index (χ1n) is 20.4. The fraction of sp³-hybridized carbons (Fsp3) is 0.245. The van der Waals surface area contributed by atoms with E-state index in [2.05, 4.69) is 156 Å². The second-order valence-corrected chi connectivity index (χ2v) is 17.3. The normalized spacial score (nSPS) is 14.4. The molecule has 1 fully saturated rings. The van der Waals surface area contributed by atoms with Gasteiger partial charge in [-0.1, -0.05) is 80.1 Å². The Kier molecular flexibility index (Phi) is 9.32. The van der Waals surface area contributed by atoms with Crippen LogP contribution in [0.25, 0.3) is 61.1 Å². The van der Waals surface area contributed by atoms with Crippen molar-refractivity contribution >= 4 is 21.8 Å². The van der Waals surface area contributed by atoms with Gasteiger partial charge in [-0.3, -0.25) is 9.55 Å². The zero-order valence-corrected chi connectivity index (χ0v) is 34.3. The molecule has 8 aromatic rings. The minimum Gasteiger partial charge on any atom is -0.457 e. The molecular weight excluding hydrogens is 695 g/mol. The van der Waals surface area contributed by atoms with Crippen molar-refractivity contribution < 1.29 is 4.74 Å². The van der Waals surface area contributed by atoms with Gasteiger partial charge in [0.05, 0.1) is 16.7 Å². The molecule has 0 bridgehead atoms. The summed E-state index contributed by atoms with van der Waals surface area (Å²) in [5, 5.41) is 2.36. The Labute approximate surface area is 337 Å². The van der Waals surface area contributed by atoms with Gasteiger partial charge in [0.1, 0.15) is 17.3 Å². The largest absolute Gasteiger partial charge is 0.457 e. The lowest BCUT2D eigenvalue weighted by molar-refractivity contribution is 0.224. The number of pyridine rings is 2. The van der Waals surface area contributed by atoms with Gasteiger partial charge >= 0.3 is 0 Å². The van der Waals surface area contributed by atoms with Gasteiger partial charge in [-0.05, 0) is 170 Å². The molecule has 284 valence electrons. The van der Waals surface area contributed by atoms with Gasteiger partial charge in [0.25, 0.3) is 0 Å². The second kappa shape index (κ2) is 14.5. The van der Waals surface area contributed by atoms with Crippen LogP contribution in [0.15, 0.2) is 128 Å². The molecule has 1 aliphatic carbocycles. The van der Waals surface area contributed by atoms with Gasteiger partial charge in [0.15, 0.2) is 0 Å². The number of aromatic nitrogens is 3. The summed E-state index contributed by atoms with van der Waals surface area (Å²) in [6.07, 6.45) is 9.11. The summed E-state index contributed by atoms with van der Waals surface area (Å²) in [4.78, 5) is 9.79. The maximum atomic E-state index is 6.65. The lowest BCUT2D eigenvalue weighted by Gasteiger charge is -2.34. The molecule has 0 aliphatic heterocycles. The first kappa shape index (κ1) is 36.6. The minimum atomic E-state index is 0.474. The fourth-order valence-electron chi connectivity index (χ4n) is 8.85. The van der Waals surface area contributed by atoms with Crippen molar-refractivity contribution in [2.75, 3.05) is 0 Å². The van der Waals surface area contributed by atoms with Crippen LogP contribution in [0.1, 0.15) is 78.8 Å². The Morgan fingerprint density at radius 3 is 2.09 bits per heavy atom. The lowest BCUT2D eigenvalue weighted by atomic mass is 9.71. The average molecular weight is 746 g/mol. The Bertz CT molecular complexity index is 2800. The SMILES string of the molecule is Cc1ccc(-c2cc(-c3cccc(Oc4ccc5c6cc(-c7ccc(C8CCC(C)(C)CC8)cc7)ccc6n(-c6cc(C)c(C)cn6)c5c4)c3)ncc2C)c(C)c1. The van der Waals surface area contributed by atoms with E-state index in [0.717, 1.165) is 50.6 Å². The van der Waals surface area contributed by atoms with E-state index in [1.54, 1.807) is 0 Å². The molecule has 0 unspecified atom stereocenters. The van der Waals surface area contributed by atoms with Crippen molar-refractivity contribution in [3.8, 4) is 50.8 Å². The predicted octanol–water partition coefficient (Wildman–Crippen LogP) is 14.6. The summed E-state index contributed by atoms with van der Waals surface area (Å²) < 4.78 is 8.93. The number of fused-ring (bicyclic) bond motifs is 3. The summed E-state index contributed by atoms with van der Waals surface area (Å²) in [6.45, 7) is 15.5. The van der Waals surface area contributed by atoms with Crippen molar-refractivity contribution in [1.82, 2.24) is 14.5 Å². The van der Waals surface area contributed by atoms with Gasteiger partial charge < -0.3 is 4.74 Å². The van der Waals surface area contributed by atoms with Crippen LogP contribution in [-0.2, 0) is 0 Å². The van der Waals surface area contributed by atoms with Gasteiger partial charge in [0, 0.05) is 34.8 Å². The maximum Gasteiger partial charge on any atom is 0.137 e. The highest BCUT2D eigenvalue weighted by atomic mass is 16.5. The Balaban J connectivity index is 1.07. The van der Waals surface area contributed by atoms with E-state index in [1.807, 2.05) is 24.5 Å². The molecule has 0 atom stereocenters. The summed E-state index contributed by atoms with van der Waals surface area (Å²) in [5.41, 5.74) is 17.0. The minimum absolute atomic E-state index is 0.474. The molecule has 1 aliphatic rings. The van der Waals surface area contributed by atoms with E-state index >= 15 is 0 Å². The van der Waals surface area contributed by atoms with E-state index in [-0.39, 0.29) is 0 Å². The highest BCUT2D eigenvalue weighted by molar-refractivity contribution is 6.10. The standard InChI is InChI=1S/C53H51N3O/c1-33-11-18-45(35(3)25-33)47-30-49(54-32-37(47)5)42-9-8-10-43(27-42)57-44-17-19-46-48-28-41(39-14-12-38(13-15-39)40-21-23-53(6,7)24-22-40)16-20-50(48)56(51(46)29-44)52-26-34(2)36(4)31-55-52/h8-20,25-32,40H,21-24H2,1-7H3. The molecule has 3 aromatic heterocycles. The van der Waals surface area contributed by atoms with E-state index in [0.29, 0.717) is 11.3 Å². The smallest absolute Gasteiger partial charge is 0.137 e. The quantitative estimate of drug-likeness (QED) is 0.163. The van der Waals surface area contributed by atoms with E-state index in [4.69, 9.17) is 14.7 Å². The van der Waals surface area contributed by atoms with Crippen LogP contribution >= 0.6 is 0 Å². The van der Waals surface area contributed by atoms with Crippen molar-refractivity contribution in [1.29, 1.82) is 0 Å². The molecule has 5 aromatic carbocycles. The monoisotopic (exact) mass is 745 g/mol. The van der Waals surface area contributed by atoms with Crippen molar-refractivity contribution in [3.63, 3.8) is 0 Å². The van der Waals surface area contributed by atoms with E-state index < -0.39 is 0 Å². The summed E-state index contributed by atoms with van der Waals surface area (Å²) in [5.74, 6) is 3.09.